The molecule has 0 saturated heterocycles. The summed E-state index contributed by atoms with van der Waals surface area (Å²) in [5, 5.41) is 4.96. The summed E-state index contributed by atoms with van der Waals surface area (Å²) in [4.78, 5) is 9.52. The number of hydrogen-bond acceptors (Lipinski definition) is 2. The fourth-order valence-electron chi connectivity index (χ4n) is 9.04. The third-order valence-electron chi connectivity index (χ3n) is 11.7. The Morgan fingerprint density at radius 3 is 1.46 bits per heavy atom. The van der Waals surface area contributed by atoms with Gasteiger partial charge in [0.05, 0.1) is 33.1 Å². The topological polar surface area (TPSA) is 40.6 Å². The molecule has 59 heavy (non-hydrogen) atoms. The van der Waals surface area contributed by atoms with E-state index in [4.69, 9.17) is 4.98 Å². The normalized spacial score (nSPS) is 11.7. The number of rotatable bonds is 6. The van der Waals surface area contributed by atoms with Gasteiger partial charge in [0.15, 0.2) is 0 Å². The molecule has 0 N–H and O–H groups in total. The van der Waals surface area contributed by atoms with Crippen LogP contribution in [-0.4, -0.2) is 23.7 Å². The van der Waals surface area contributed by atoms with E-state index in [1.807, 2.05) is 12.3 Å². The van der Waals surface area contributed by atoms with Crippen molar-refractivity contribution in [1.29, 1.82) is 0 Å². The van der Waals surface area contributed by atoms with E-state index in [9.17, 15) is 0 Å². The molecule has 5 nitrogen and oxygen atoms in total. The molecule has 8 aromatic carbocycles. The molecule has 12 aromatic rings. The number of aromatic nitrogens is 5. The van der Waals surface area contributed by atoms with E-state index < -0.39 is 0 Å². The lowest BCUT2D eigenvalue weighted by molar-refractivity contribution is 1.09. The summed E-state index contributed by atoms with van der Waals surface area (Å²) in [5.41, 5.74) is 15.7. The predicted molar refractivity (Wildman–Crippen MR) is 244 cm³/mol. The first-order valence-electron chi connectivity index (χ1n) is 20.0. The molecule has 0 unspecified atom stereocenters. The molecule has 4 aromatic heterocycles. The van der Waals surface area contributed by atoms with Crippen LogP contribution in [0.15, 0.2) is 213 Å². The Kier molecular flexibility index (Phi) is 7.47. The standard InChI is InChI=1S/C54H35N5/c1-2-15-41(16-3-1)57-49-20-7-4-17-44(49)46-33-37(23-29-51(46)57)38-24-30-52-47(34-38)45-18-5-8-21-50(45)58(52)42-25-27-43(28-26-42)59-53-22-9-6-19-48(53)56-54(59)39-13-10-12-36(32-39)40-14-11-31-55-35-40/h1-35H. The van der Waals surface area contributed by atoms with Gasteiger partial charge in [-0.05, 0) is 114 Å². The third kappa shape index (κ3) is 5.33. The minimum absolute atomic E-state index is 0.900. The van der Waals surface area contributed by atoms with Crippen molar-refractivity contribution in [3.63, 3.8) is 0 Å². The summed E-state index contributed by atoms with van der Waals surface area (Å²) in [5.74, 6) is 0.900. The van der Waals surface area contributed by atoms with Crippen LogP contribution in [0.5, 0.6) is 0 Å². The molecule has 5 heteroatoms. The number of benzene rings is 8. The molecule has 0 atom stereocenters. The van der Waals surface area contributed by atoms with Crippen molar-refractivity contribution < 1.29 is 0 Å². The molecule has 0 aliphatic carbocycles. The van der Waals surface area contributed by atoms with Gasteiger partial charge in [0, 0.05) is 62.1 Å². The van der Waals surface area contributed by atoms with E-state index >= 15 is 0 Å². The fraction of sp³-hybridized carbons (Fsp3) is 0. The molecule has 276 valence electrons. The number of nitrogens with zero attached hydrogens (tertiary/aromatic N) is 5. The molecule has 12 rings (SSSR count). The largest absolute Gasteiger partial charge is 0.309 e. The van der Waals surface area contributed by atoms with Crippen molar-refractivity contribution in [2.75, 3.05) is 0 Å². The number of pyridine rings is 1. The first-order valence-corrected chi connectivity index (χ1v) is 20.0. The van der Waals surface area contributed by atoms with E-state index in [1.54, 1.807) is 6.20 Å². The van der Waals surface area contributed by atoms with Crippen molar-refractivity contribution >= 4 is 54.6 Å². The molecule has 0 aliphatic heterocycles. The first-order chi connectivity index (χ1) is 29.3. The van der Waals surface area contributed by atoms with Gasteiger partial charge >= 0.3 is 0 Å². The Morgan fingerprint density at radius 1 is 0.305 bits per heavy atom. The van der Waals surface area contributed by atoms with Gasteiger partial charge in [-0.25, -0.2) is 4.98 Å². The summed E-state index contributed by atoms with van der Waals surface area (Å²) in [6.07, 6.45) is 3.71. The summed E-state index contributed by atoms with van der Waals surface area (Å²) in [7, 11) is 0. The Bertz CT molecular complexity index is 3540. The molecule has 0 spiro atoms. The number of para-hydroxylation sites is 5. The predicted octanol–water partition coefficient (Wildman–Crippen LogP) is 13.6. The van der Waals surface area contributed by atoms with Gasteiger partial charge < -0.3 is 9.13 Å². The van der Waals surface area contributed by atoms with Gasteiger partial charge in [-0.2, -0.15) is 0 Å². The highest BCUT2D eigenvalue weighted by Crippen LogP contribution is 2.39. The van der Waals surface area contributed by atoms with Crippen molar-refractivity contribution in [2.45, 2.75) is 0 Å². The number of imidazole rings is 1. The molecule has 0 amide bonds. The van der Waals surface area contributed by atoms with E-state index in [0.717, 1.165) is 44.9 Å². The maximum Gasteiger partial charge on any atom is 0.145 e. The van der Waals surface area contributed by atoms with Crippen LogP contribution >= 0.6 is 0 Å². The second kappa shape index (κ2) is 13.3. The molecule has 0 saturated carbocycles. The molecule has 0 radical (unpaired) electrons. The van der Waals surface area contributed by atoms with Gasteiger partial charge in [-0.15, -0.1) is 0 Å². The lowest BCUT2D eigenvalue weighted by Crippen LogP contribution is -1.99. The van der Waals surface area contributed by atoms with E-state index in [-0.39, 0.29) is 0 Å². The van der Waals surface area contributed by atoms with Crippen LogP contribution in [0, 0.1) is 0 Å². The van der Waals surface area contributed by atoms with Crippen LogP contribution in [-0.2, 0) is 0 Å². The lowest BCUT2D eigenvalue weighted by atomic mass is 10.0. The number of hydrogen-bond donors (Lipinski definition) is 0. The fourth-order valence-corrected chi connectivity index (χ4v) is 9.04. The van der Waals surface area contributed by atoms with Crippen molar-refractivity contribution in [2.24, 2.45) is 0 Å². The van der Waals surface area contributed by atoms with Crippen molar-refractivity contribution in [3.05, 3.63) is 213 Å². The highest BCUT2D eigenvalue weighted by Gasteiger charge is 2.18. The summed E-state index contributed by atoms with van der Waals surface area (Å²) < 4.78 is 7.03. The van der Waals surface area contributed by atoms with E-state index in [0.29, 0.717) is 0 Å². The summed E-state index contributed by atoms with van der Waals surface area (Å²) in [6.45, 7) is 0. The van der Waals surface area contributed by atoms with Crippen LogP contribution in [0.4, 0.5) is 0 Å². The smallest absolute Gasteiger partial charge is 0.145 e. The van der Waals surface area contributed by atoms with Crippen LogP contribution in [0.25, 0.3) is 105 Å². The van der Waals surface area contributed by atoms with Gasteiger partial charge in [-0.3, -0.25) is 9.55 Å². The van der Waals surface area contributed by atoms with Gasteiger partial charge in [-0.1, -0.05) is 103 Å². The molecule has 0 fully saturated rings. The van der Waals surface area contributed by atoms with Crippen molar-refractivity contribution in [1.82, 2.24) is 23.7 Å². The maximum atomic E-state index is 5.17. The molecular formula is C54H35N5. The Labute approximate surface area is 340 Å². The van der Waals surface area contributed by atoms with Crippen LogP contribution < -0.4 is 0 Å². The highest BCUT2D eigenvalue weighted by atomic mass is 15.1. The Morgan fingerprint density at radius 2 is 0.814 bits per heavy atom. The molecule has 0 bridgehead atoms. The zero-order valence-corrected chi connectivity index (χ0v) is 31.9. The Balaban J connectivity index is 0.963. The van der Waals surface area contributed by atoms with Crippen molar-refractivity contribution in [3.8, 4) is 50.7 Å². The first kappa shape index (κ1) is 33.2. The minimum Gasteiger partial charge on any atom is -0.309 e. The SMILES string of the molecule is c1ccc(-n2c3ccccc3c3cc(-c4ccc5c(c4)c4ccccc4n5-c4ccc(-n5c(-c6cccc(-c7cccnc7)c6)nc6ccccc65)cc4)ccc32)cc1. The van der Waals surface area contributed by atoms with E-state index in [1.165, 1.54) is 60.4 Å². The average molecular weight is 754 g/mol. The molecule has 0 aliphatic rings. The Hall–Kier alpha value is -8.02. The second-order valence-corrected chi connectivity index (χ2v) is 15.1. The quantitative estimate of drug-likeness (QED) is 0.170. The van der Waals surface area contributed by atoms with E-state index in [2.05, 4.69) is 213 Å². The third-order valence-corrected chi connectivity index (χ3v) is 11.7. The van der Waals surface area contributed by atoms with Gasteiger partial charge in [0.1, 0.15) is 5.82 Å². The average Bonchev–Trinajstić information content (AvgIpc) is 3.97. The number of fused-ring (bicyclic) bond motifs is 7. The monoisotopic (exact) mass is 753 g/mol. The zero-order valence-electron chi connectivity index (χ0n) is 31.9. The van der Waals surface area contributed by atoms with Crippen LogP contribution in [0.2, 0.25) is 0 Å². The highest BCUT2D eigenvalue weighted by molar-refractivity contribution is 6.12. The lowest BCUT2D eigenvalue weighted by Gasteiger charge is -2.13. The maximum absolute atomic E-state index is 5.17. The second-order valence-electron chi connectivity index (χ2n) is 15.1. The van der Waals surface area contributed by atoms with Crippen LogP contribution in [0.1, 0.15) is 0 Å². The van der Waals surface area contributed by atoms with Gasteiger partial charge in [0.25, 0.3) is 0 Å². The van der Waals surface area contributed by atoms with Gasteiger partial charge in [0.2, 0.25) is 0 Å². The molecule has 4 heterocycles. The summed E-state index contributed by atoms with van der Waals surface area (Å²) in [6, 6.07) is 71.8. The van der Waals surface area contributed by atoms with Crippen LogP contribution in [0.3, 0.4) is 0 Å². The zero-order chi connectivity index (χ0) is 38.9. The molecular weight excluding hydrogens is 719 g/mol. The summed E-state index contributed by atoms with van der Waals surface area (Å²) >= 11 is 0. The minimum atomic E-state index is 0.900.